The fourth-order valence-corrected chi connectivity index (χ4v) is 3.05. The molecule has 0 N–H and O–H groups in total. The predicted octanol–water partition coefficient (Wildman–Crippen LogP) is 2.48. The molecule has 1 heterocycles. The van der Waals surface area contributed by atoms with E-state index in [0.29, 0.717) is 11.8 Å². The lowest BCUT2D eigenvalue weighted by atomic mass is 9.85. The van der Waals surface area contributed by atoms with Crippen LogP contribution in [-0.2, 0) is 9.59 Å². The van der Waals surface area contributed by atoms with E-state index in [1.54, 1.807) is 7.05 Å². The largest absolute Gasteiger partial charge is 0.285 e. The van der Waals surface area contributed by atoms with Gasteiger partial charge in [-0.1, -0.05) is 39.8 Å². The van der Waals surface area contributed by atoms with Crippen molar-refractivity contribution in [2.24, 2.45) is 23.7 Å². The number of rotatable bonds is 0. The number of imide groups is 1. The molecule has 3 aliphatic rings. The van der Waals surface area contributed by atoms with Crippen molar-refractivity contribution in [2.45, 2.75) is 34.1 Å². The lowest BCUT2D eigenvalue weighted by Gasteiger charge is -2.14. The van der Waals surface area contributed by atoms with Gasteiger partial charge < -0.3 is 0 Å². The first-order valence-electron chi connectivity index (χ1n) is 6.70. The molecular weight excluding hydrogens is 214 g/mol. The van der Waals surface area contributed by atoms with Crippen LogP contribution in [0.15, 0.2) is 12.2 Å². The number of carbonyl (C=O) groups is 2. The third-order valence-corrected chi connectivity index (χ3v) is 3.69. The molecule has 3 rings (SSSR count). The Balaban J connectivity index is 0.000000330. The quantitative estimate of drug-likeness (QED) is 0.479. The van der Waals surface area contributed by atoms with Gasteiger partial charge in [-0.2, -0.15) is 0 Å². The summed E-state index contributed by atoms with van der Waals surface area (Å²) in [4.78, 5) is 24.6. The van der Waals surface area contributed by atoms with Gasteiger partial charge in [-0.05, 0) is 18.3 Å². The van der Waals surface area contributed by atoms with Gasteiger partial charge in [0.1, 0.15) is 0 Å². The van der Waals surface area contributed by atoms with Crippen molar-refractivity contribution < 1.29 is 9.59 Å². The molecule has 96 valence electrons. The first-order valence-corrected chi connectivity index (χ1v) is 6.70. The highest BCUT2D eigenvalue weighted by Crippen LogP contribution is 2.52. The summed E-state index contributed by atoms with van der Waals surface area (Å²) in [5, 5.41) is 0. The minimum Gasteiger partial charge on any atom is -0.285 e. The lowest BCUT2D eigenvalue weighted by molar-refractivity contribution is -0.138. The molecule has 3 nitrogen and oxygen atoms in total. The average Bonchev–Trinajstić information content (AvgIpc) is 3.05. The fourth-order valence-electron chi connectivity index (χ4n) is 3.05. The van der Waals surface area contributed by atoms with Crippen LogP contribution < -0.4 is 0 Å². The van der Waals surface area contributed by atoms with E-state index < -0.39 is 0 Å². The second-order valence-electron chi connectivity index (χ2n) is 4.24. The molecular formula is C14H23NO2. The summed E-state index contributed by atoms with van der Waals surface area (Å²) in [5.74, 6) is 0.714. The molecule has 2 fully saturated rings. The molecule has 1 aliphatic heterocycles. The molecule has 2 amide bonds. The molecule has 0 aromatic heterocycles. The summed E-state index contributed by atoms with van der Waals surface area (Å²) in [6.45, 7) is 8.00. The number of nitrogens with zero attached hydrogens (tertiary/aromatic N) is 1. The first kappa shape index (κ1) is 13.9. The molecule has 4 unspecified atom stereocenters. The van der Waals surface area contributed by atoms with E-state index in [-0.39, 0.29) is 23.7 Å². The van der Waals surface area contributed by atoms with Gasteiger partial charge in [-0.3, -0.25) is 14.5 Å². The summed E-state index contributed by atoms with van der Waals surface area (Å²) in [6, 6.07) is 0. The van der Waals surface area contributed by atoms with Crippen LogP contribution in [0, 0.1) is 23.7 Å². The molecule has 0 spiro atoms. The molecule has 0 aromatic carbocycles. The minimum atomic E-state index is -0.0208. The van der Waals surface area contributed by atoms with Gasteiger partial charge in [0.05, 0.1) is 11.8 Å². The Morgan fingerprint density at radius 1 is 0.941 bits per heavy atom. The first-order chi connectivity index (χ1) is 8.20. The van der Waals surface area contributed by atoms with Gasteiger partial charge in [0.2, 0.25) is 11.8 Å². The number of amides is 2. The zero-order valence-corrected chi connectivity index (χ0v) is 11.4. The van der Waals surface area contributed by atoms with Crippen LogP contribution in [0.4, 0.5) is 0 Å². The summed E-state index contributed by atoms with van der Waals surface area (Å²) in [7, 11) is 1.60. The van der Waals surface area contributed by atoms with Gasteiger partial charge in [-0.25, -0.2) is 0 Å². The molecule has 0 aromatic rings. The Labute approximate surface area is 104 Å². The highest BCUT2D eigenvalue weighted by atomic mass is 16.2. The Kier molecular flexibility index (Phi) is 4.49. The zero-order chi connectivity index (χ0) is 13.2. The number of allylic oxidation sites excluding steroid dienone is 2. The van der Waals surface area contributed by atoms with Crippen LogP contribution in [0.25, 0.3) is 0 Å². The van der Waals surface area contributed by atoms with Crippen LogP contribution in [-0.4, -0.2) is 23.8 Å². The van der Waals surface area contributed by atoms with E-state index >= 15 is 0 Å². The smallest absolute Gasteiger partial charge is 0.233 e. The van der Waals surface area contributed by atoms with E-state index in [4.69, 9.17) is 0 Å². The Morgan fingerprint density at radius 3 is 1.65 bits per heavy atom. The number of hydrogen-bond acceptors (Lipinski definition) is 2. The van der Waals surface area contributed by atoms with Crippen molar-refractivity contribution in [2.75, 3.05) is 7.05 Å². The summed E-state index contributed by atoms with van der Waals surface area (Å²) >= 11 is 0. The van der Waals surface area contributed by atoms with Gasteiger partial charge in [-0.15, -0.1) is 0 Å². The van der Waals surface area contributed by atoms with E-state index in [1.165, 1.54) is 4.90 Å². The topological polar surface area (TPSA) is 37.4 Å². The number of hydrogen-bond donors (Lipinski definition) is 0. The Morgan fingerprint density at radius 2 is 1.29 bits per heavy atom. The molecule has 1 saturated heterocycles. The second kappa shape index (κ2) is 5.48. The third kappa shape index (κ3) is 1.92. The van der Waals surface area contributed by atoms with Gasteiger partial charge in [0, 0.05) is 7.05 Å². The third-order valence-electron chi connectivity index (χ3n) is 3.69. The summed E-state index contributed by atoms with van der Waals surface area (Å²) in [6.07, 6.45) is 5.23. The number of carbonyl (C=O) groups excluding carboxylic acids is 2. The molecule has 1 saturated carbocycles. The molecule has 2 bridgehead atoms. The van der Waals surface area contributed by atoms with Crippen LogP contribution in [0.3, 0.4) is 0 Å². The Bertz CT molecular complexity index is 305. The normalized spacial score (nSPS) is 36.2. The molecule has 3 heteroatoms. The maximum Gasteiger partial charge on any atom is 0.233 e. The van der Waals surface area contributed by atoms with Crippen molar-refractivity contribution >= 4 is 11.8 Å². The van der Waals surface area contributed by atoms with Crippen molar-refractivity contribution in [1.29, 1.82) is 0 Å². The highest BCUT2D eigenvalue weighted by Gasteiger charge is 2.58. The van der Waals surface area contributed by atoms with Crippen LogP contribution in [0.1, 0.15) is 34.1 Å². The summed E-state index contributed by atoms with van der Waals surface area (Å²) in [5.41, 5.74) is 0. The van der Waals surface area contributed by atoms with E-state index in [1.807, 2.05) is 27.7 Å². The van der Waals surface area contributed by atoms with E-state index in [0.717, 1.165) is 6.42 Å². The van der Waals surface area contributed by atoms with E-state index in [9.17, 15) is 9.59 Å². The van der Waals surface area contributed by atoms with Gasteiger partial charge in [0.15, 0.2) is 0 Å². The predicted molar refractivity (Wildman–Crippen MR) is 68.2 cm³/mol. The van der Waals surface area contributed by atoms with Crippen molar-refractivity contribution in [1.82, 2.24) is 4.90 Å². The standard InChI is InChI=1S/C10H11NO2.2C2H6/c1-11-9(12)7-5-2-3-6(4-5)8(7)10(11)13;2*1-2/h2-3,5-8H,4H2,1H3;2*1-2H3. The minimum absolute atomic E-state index is 0.0208. The second-order valence-corrected chi connectivity index (χ2v) is 4.24. The molecule has 0 radical (unpaired) electrons. The van der Waals surface area contributed by atoms with E-state index in [2.05, 4.69) is 12.2 Å². The van der Waals surface area contributed by atoms with Crippen LogP contribution >= 0.6 is 0 Å². The van der Waals surface area contributed by atoms with Crippen molar-refractivity contribution in [3.63, 3.8) is 0 Å². The number of likely N-dealkylation sites (tertiary alicyclic amines) is 1. The van der Waals surface area contributed by atoms with Crippen molar-refractivity contribution in [3.8, 4) is 0 Å². The highest BCUT2D eigenvalue weighted by molar-refractivity contribution is 6.06. The number of fused-ring (bicyclic) bond motifs is 5. The van der Waals surface area contributed by atoms with Crippen molar-refractivity contribution in [3.05, 3.63) is 12.2 Å². The monoisotopic (exact) mass is 237 g/mol. The zero-order valence-electron chi connectivity index (χ0n) is 11.4. The van der Waals surface area contributed by atoms with Crippen LogP contribution in [0.5, 0.6) is 0 Å². The van der Waals surface area contributed by atoms with Crippen LogP contribution in [0.2, 0.25) is 0 Å². The molecule has 17 heavy (non-hydrogen) atoms. The maximum atomic E-state index is 11.7. The van der Waals surface area contributed by atoms with Gasteiger partial charge >= 0.3 is 0 Å². The lowest BCUT2D eigenvalue weighted by Crippen LogP contribution is -2.28. The maximum absolute atomic E-state index is 11.7. The Hall–Kier alpha value is -1.12. The fraction of sp³-hybridized carbons (Fsp3) is 0.714. The SMILES string of the molecule is CC.CC.CN1C(=O)C2C3C=CC(C3)C2C1=O. The van der Waals surface area contributed by atoms with Gasteiger partial charge in [0.25, 0.3) is 0 Å². The molecule has 4 atom stereocenters. The summed E-state index contributed by atoms with van der Waals surface area (Å²) < 4.78 is 0. The average molecular weight is 237 g/mol. The molecule has 2 aliphatic carbocycles.